The van der Waals surface area contributed by atoms with Crippen LogP contribution in [0.1, 0.15) is 38.3 Å². The second-order valence-electron chi connectivity index (χ2n) is 9.33. The second-order valence-corrected chi connectivity index (χ2v) is 11.3. The van der Waals surface area contributed by atoms with Crippen molar-refractivity contribution in [2.75, 3.05) is 39.5 Å². The normalized spacial score (nSPS) is 23.5. The average Bonchev–Trinajstić information content (AvgIpc) is 3.32. The minimum absolute atomic E-state index is 0.121. The fraction of sp³-hybridized carbons (Fsp3) is 0.520. The van der Waals surface area contributed by atoms with Crippen LogP contribution in [0, 0.1) is 0 Å². The minimum Gasteiger partial charge on any atom is -0.454 e. The smallest absolute Gasteiger partial charge is 0.231 e. The number of ether oxygens (including phenoxy) is 2. The molecule has 3 aliphatic heterocycles. The predicted octanol–water partition coefficient (Wildman–Crippen LogP) is 3.07. The number of nitrogens with zero attached hydrogens (tertiary/aromatic N) is 2. The summed E-state index contributed by atoms with van der Waals surface area (Å²) in [4.78, 5) is 5.71. The molecular formula is C25H33N3O4S. The van der Waals surface area contributed by atoms with Gasteiger partial charge in [0.25, 0.3) is 0 Å². The molecule has 178 valence electrons. The van der Waals surface area contributed by atoms with Crippen LogP contribution in [0.15, 0.2) is 52.3 Å². The van der Waals surface area contributed by atoms with Crippen LogP contribution in [0.3, 0.4) is 0 Å². The highest BCUT2D eigenvalue weighted by Gasteiger charge is 2.32. The van der Waals surface area contributed by atoms with E-state index in [2.05, 4.69) is 29.0 Å². The number of hydrogen-bond donors (Lipinski definition) is 1. The van der Waals surface area contributed by atoms with Crippen molar-refractivity contribution in [2.45, 2.75) is 54.6 Å². The zero-order chi connectivity index (χ0) is 23.0. The molecule has 0 radical (unpaired) electrons. The largest absolute Gasteiger partial charge is 0.454 e. The van der Waals surface area contributed by atoms with Crippen LogP contribution in [0.5, 0.6) is 11.5 Å². The van der Waals surface area contributed by atoms with Crippen molar-refractivity contribution >= 4 is 9.84 Å². The summed E-state index contributed by atoms with van der Waals surface area (Å²) in [5, 5.41) is 3.46. The van der Waals surface area contributed by atoms with E-state index in [9.17, 15) is 8.42 Å². The van der Waals surface area contributed by atoms with Crippen molar-refractivity contribution in [3.05, 3.63) is 48.0 Å². The standard InChI is InChI=1S/C25H33N3O4S/c1-18-16-27(21-9-11-26-12-10-21)13-14-28(18)19(2)20-3-5-22(6-4-20)33(29,30)23-7-8-24-25(15-23)32-17-31-24/h3-8,15,18-19,21,26H,9-14,16-17H2,1-2H3/t18-,19+/m1/s1. The quantitative estimate of drug-likeness (QED) is 0.719. The molecule has 0 saturated carbocycles. The summed E-state index contributed by atoms with van der Waals surface area (Å²) in [7, 11) is -3.62. The van der Waals surface area contributed by atoms with Crippen LogP contribution >= 0.6 is 0 Å². The summed E-state index contributed by atoms with van der Waals surface area (Å²) >= 11 is 0. The van der Waals surface area contributed by atoms with E-state index in [1.165, 1.54) is 18.9 Å². The highest BCUT2D eigenvalue weighted by molar-refractivity contribution is 7.91. The van der Waals surface area contributed by atoms with Gasteiger partial charge in [-0.1, -0.05) is 12.1 Å². The first-order valence-electron chi connectivity index (χ1n) is 11.9. The monoisotopic (exact) mass is 471 g/mol. The fourth-order valence-corrected chi connectivity index (χ4v) is 6.65. The molecular weight excluding hydrogens is 438 g/mol. The lowest BCUT2D eigenvalue weighted by molar-refractivity contribution is 0.0243. The first-order valence-corrected chi connectivity index (χ1v) is 13.4. The van der Waals surface area contributed by atoms with Gasteiger partial charge < -0.3 is 14.8 Å². The minimum atomic E-state index is -3.62. The molecule has 1 N–H and O–H groups in total. The summed E-state index contributed by atoms with van der Waals surface area (Å²) in [5.41, 5.74) is 1.14. The van der Waals surface area contributed by atoms with Crippen LogP contribution in [0.4, 0.5) is 0 Å². The molecule has 33 heavy (non-hydrogen) atoms. The number of piperidine rings is 1. The summed E-state index contributed by atoms with van der Waals surface area (Å²) in [6.45, 7) is 10.1. The molecule has 2 saturated heterocycles. The molecule has 7 nitrogen and oxygen atoms in total. The molecule has 3 aliphatic rings. The van der Waals surface area contributed by atoms with Crippen LogP contribution in [-0.4, -0.2) is 69.8 Å². The van der Waals surface area contributed by atoms with Crippen molar-refractivity contribution in [3.8, 4) is 11.5 Å². The van der Waals surface area contributed by atoms with Crippen LogP contribution in [0.2, 0.25) is 0 Å². The SMILES string of the molecule is C[C@@H]1CN(C2CCNCC2)CCN1[C@@H](C)c1ccc(S(=O)(=O)c2ccc3c(c2)OCO3)cc1. The zero-order valence-electron chi connectivity index (χ0n) is 19.4. The highest BCUT2D eigenvalue weighted by Crippen LogP contribution is 2.36. The van der Waals surface area contributed by atoms with Gasteiger partial charge in [0.1, 0.15) is 0 Å². The molecule has 0 amide bonds. The third kappa shape index (κ3) is 4.49. The number of piperazine rings is 1. The van der Waals surface area contributed by atoms with E-state index in [1.54, 1.807) is 24.3 Å². The molecule has 2 fully saturated rings. The van der Waals surface area contributed by atoms with Gasteiger partial charge in [-0.2, -0.15) is 0 Å². The topological polar surface area (TPSA) is 71.1 Å². The number of fused-ring (bicyclic) bond motifs is 1. The first-order chi connectivity index (χ1) is 15.9. The summed E-state index contributed by atoms with van der Waals surface area (Å²) in [6, 6.07) is 13.5. The average molecular weight is 472 g/mol. The Balaban J connectivity index is 1.27. The molecule has 0 bridgehead atoms. The second kappa shape index (κ2) is 9.25. The molecule has 5 rings (SSSR count). The van der Waals surface area contributed by atoms with Gasteiger partial charge in [-0.15, -0.1) is 0 Å². The molecule has 2 aromatic rings. The lowest BCUT2D eigenvalue weighted by atomic mass is 9.99. The number of rotatable bonds is 5. The van der Waals surface area contributed by atoms with E-state index in [0.717, 1.165) is 38.3 Å². The Bertz CT molecular complexity index is 1080. The van der Waals surface area contributed by atoms with Gasteiger partial charge in [-0.25, -0.2) is 8.42 Å². The maximum atomic E-state index is 13.1. The van der Waals surface area contributed by atoms with Crippen LogP contribution in [0.25, 0.3) is 0 Å². The highest BCUT2D eigenvalue weighted by atomic mass is 32.2. The third-order valence-corrected chi connectivity index (χ3v) is 9.13. The molecule has 0 aliphatic carbocycles. The van der Waals surface area contributed by atoms with Gasteiger partial charge in [-0.05, 0) is 69.6 Å². The Kier molecular flexibility index (Phi) is 6.35. The summed E-state index contributed by atoms with van der Waals surface area (Å²) in [5.74, 6) is 1.05. The van der Waals surface area contributed by atoms with E-state index in [-0.39, 0.29) is 17.7 Å². The fourth-order valence-electron chi connectivity index (χ4n) is 5.38. The Morgan fingerprint density at radius 3 is 2.39 bits per heavy atom. The van der Waals surface area contributed by atoms with E-state index in [1.807, 2.05) is 12.1 Å². The van der Waals surface area contributed by atoms with Gasteiger partial charge in [0.15, 0.2) is 11.5 Å². The Hall–Kier alpha value is -2.13. The molecule has 2 aromatic carbocycles. The summed E-state index contributed by atoms with van der Waals surface area (Å²) < 4.78 is 36.9. The maximum Gasteiger partial charge on any atom is 0.231 e. The lowest BCUT2D eigenvalue weighted by Gasteiger charge is -2.46. The number of hydrogen-bond acceptors (Lipinski definition) is 7. The zero-order valence-corrected chi connectivity index (χ0v) is 20.2. The molecule has 3 heterocycles. The number of benzene rings is 2. The van der Waals surface area contributed by atoms with Crippen LogP contribution < -0.4 is 14.8 Å². The van der Waals surface area contributed by atoms with Crippen molar-refractivity contribution < 1.29 is 17.9 Å². The number of sulfone groups is 1. The Morgan fingerprint density at radius 1 is 0.970 bits per heavy atom. The third-order valence-electron chi connectivity index (χ3n) is 7.36. The van der Waals surface area contributed by atoms with Gasteiger partial charge in [-0.3, -0.25) is 9.80 Å². The van der Waals surface area contributed by atoms with Crippen molar-refractivity contribution in [3.63, 3.8) is 0 Å². The van der Waals surface area contributed by atoms with Crippen molar-refractivity contribution in [1.82, 2.24) is 15.1 Å². The van der Waals surface area contributed by atoms with Gasteiger partial charge in [0, 0.05) is 43.8 Å². The molecule has 8 heteroatoms. The van der Waals surface area contributed by atoms with Crippen molar-refractivity contribution in [2.24, 2.45) is 0 Å². The Labute approximate surface area is 196 Å². The van der Waals surface area contributed by atoms with Gasteiger partial charge in [0.05, 0.1) is 9.79 Å². The van der Waals surface area contributed by atoms with E-state index in [4.69, 9.17) is 9.47 Å². The molecule has 0 unspecified atom stereocenters. The Morgan fingerprint density at radius 2 is 1.67 bits per heavy atom. The lowest BCUT2D eigenvalue weighted by Crippen LogP contribution is -2.56. The molecule has 2 atom stereocenters. The predicted molar refractivity (Wildman–Crippen MR) is 127 cm³/mol. The van der Waals surface area contributed by atoms with Gasteiger partial charge >= 0.3 is 0 Å². The van der Waals surface area contributed by atoms with Gasteiger partial charge in [0.2, 0.25) is 16.6 Å². The first kappa shape index (κ1) is 22.7. The summed E-state index contributed by atoms with van der Waals surface area (Å²) in [6.07, 6.45) is 2.48. The van der Waals surface area contributed by atoms with E-state index >= 15 is 0 Å². The number of nitrogens with one attached hydrogen (secondary N) is 1. The van der Waals surface area contributed by atoms with Crippen molar-refractivity contribution in [1.29, 1.82) is 0 Å². The van der Waals surface area contributed by atoms with Crippen LogP contribution in [-0.2, 0) is 9.84 Å². The maximum absolute atomic E-state index is 13.1. The van der Waals surface area contributed by atoms with E-state index < -0.39 is 9.84 Å². The molecule has 0 spiro atoms. The molecule has 0 aromatic heterocycles. The van der Waals surface area contributed by atoms with E-state index in [0.29, 0.717) is 28.5 Å².